The number of rotatable bonds is 4. The van der Waals surface area contributed by atoms with Crippen molar-refractivity contribution >= 4 is 0 Å². The lowest BCUT2D eigenvalue weighted by molar-refractivity contribution is 0.267. The van der Waals surface area contributed by atoms with Crippen molar-refractivity contribution in [3.05, 3.63) is 0 Å². The highest BCUT2D eigenvalue weighted by molar-refractivity contribution is 4.39. The first-order valence-electron chi connectivity index (χ1n) is 3.89. The van der Waals surface area contributed by atoms with Crippen molar-refractivity contribution in [2.75, 3.05) is 26.2 Å². The fraction of sp³-hybridized carbons (Fsp3) is 1.00. The van der Waals surface area contributed by atoms with E-state index in [1.807, 2.05) is 5.32 Å². The number of aliphatic hydroxyl groups is 2. The number of hydrogen-bond acceptors (Lipinski definition) is 3. The minimum Gasteiger partial charge on any atom is -0.395 e. The van der Waals surface area contributed by atoms with Crippen LogP contribution in [0.2, 0.25) is 0 Å². The van der Waals surface area contributed by atoms with E-state index in [0.717, 1.165) is 0 Å². The summed E-state index contributed by atoms with van der Waals surface area (Å²) < 4.78 is 27.0. The highest BCUT2D eigenvalue weighted by atomic mass is 16.3. The normalized spacial score (nSPS) is 22.0. The number of aliphatic hydroxyl groups excluding tert-OH is 1. The van der Waals surface area contributed by atoms with E-state index in [2.05, 4.69) is 0 Å². The molecule has 44 valence electrons. The first-order valence-corrected chi connectivity index (χ1v) is 1.89. The number of hydrogen-bond donors (Lipinski definition) is 3. The van der Waals surface area contributed by atoms with Crippen LogP contribution < -0.4 is 5.32 Å². The van der Waals surface area contributed by atoms with Crippen molar-refractivity contribution < 1.29 is 15.7 Å². The van der Waals surface area contributed by atoms with Crippen LogP contribution in [0.25, 0.3) is 0 Å². The van der Waals surface area contributed by atoms with Crippen LogP contribution >= 0.6 is 0 Å². The summed E-state index contributed by atoms with van der Waals surface area (Å²) in [5, 5.41) is 18.9. The summed E-state index contributed by atoms with van der Waals surface area (Å²) in [6.07, 6.45) is 0. The molecule has 7 heavy (non-hydrogen) atoms. The Labute approximate surface area is 48.6 Å². The number of nitrogens with one attached hydrogen (secondary N) is 1. The van der Waals surface area contributed by atoms with Crippen molar-refractivity contribution in [1.29, 1.82) is 0 Å². The molecule has 3 N–H and O–H groups in total. The van der Waals surface area contributed by atoms with Crippen LogP contribution in [0.3, 0.4) is 0 Å². The molecule has 0 saturated carbocycles. The Kier molecular flexibility index (Phi) is 2.05. The molecule has 3 heteroatoms. The van der Waals surface area contributed by atoms with Crippen LogP contribution in [0.1, 0.15) is 5.48 Å². The molecule has 0 heterocycles. The van der Waals surface area contributed by atoms with E-state index in [-0.39, 0.29) is 13.2 Å². The third-order valence-corrected chi connectivity index (χ3v) is 0.381. The molecule has 0 bridgehead atoms. The van der Waals surface area contributed by atoms with E-state index in [9.17, 15) is 0 Å². The lowest BCUT2D eigenvalue weighted by Gasteiger charge is -1.94. The fourth-order valence-corrected chi connectivity index (χ4v) is 0.158. The van der Waals surface area contributed by atoms with Gasteiger partial charge >= 0.3 is 0 Å². The summed E-state index contributed by atoms with van der Waals surface area (Å²) in [5.41, 5.74) is 0. The molecule has 0 spiro atoms. The molecule has 0 amide bonds. The van der Waals surface area contributed by atoms with E-state index >= 15 is 0 Å². The standard InChI is InChI=1S/C4H11NO2/c6-3-1-5-2-4-7/h5-7H,1-4H2/i1D2,3D2. The van der Waals surface area contributed by atoms with E-state index in [4.69, 9.17) is 15.7 Å². The van der Waals surface area contributed by atoms with Crippen molar-refractivity contribution in [3.8, 4) is 0 Å². The quantitative estimate of drug-likeness (QED) is 0.414. The van der Waals surface area contributed by atoms with E-state index < -0.39 is 13.1 Å². The molecule has 0 fully saturated rings. The Morgan fingerprint density at radius 3 is 2.71 bits per heavy atom. The molecular formula is C4H11NO2. The maximum absolute atomic E-state index is 8.59. The lowest BCUT2D eigenvalue weighted by atomic mass is 10.6. The van der Waals surface area contributed by atoms with Crippen LogP contribution in [0.15, 0.2) is 0 Å². The van der Waals surface area contributed by atoms with Gasteiger partial charge in [0.05, 0.1) is 15.9 Å². The Bertz CT molecular complexity index is 124. The average Bonchev–Trinajstić information content (AvgIpc) is 1.81. The zero-order chi connectivity index (χ0) is 9.12. The summed E-state index contributed by atoms with van der Waals surface area (Å²) in [4.78, 5) is 0. The van der Waals surface area contributed by atoms with Gasteiger partial charge in [-0.2, -0.15) is 0 Å². The van der Waals surface area contributed by atoms with Gasteiger partial charge < -0.3 is 15.5 Å². The van der Waals surface area contributed by atoms with E-state index in [1.54, 1.807) is 0 Å². The third kappa shape index (κ3) is 5.88. The van der Waals surface area contributed by atoms with Gasteiger partial charge in [-0.15, -0.1) is 0 Å². The SMILES string of the molecule is [2H]C([2H])(O)C([2H])([2H])NCCO. The second-order valence-electron chi connectivity index (χ2n) is 0.887. The molecule has 0 saturated heterocycles. The lowest BCUT2D eigenvalue weighted by Crippen LogP contribution is -2.21. The summed E-state index contributed by atoms with van der Waals surface area (Å²) in [6.45, 7) is -5.89. The molecule has 0 rings (SSSR count). The zero-order valence-corrected chi connectivity index (χ0v) is 3.81. The topological polar surface area (TPSA) is 52.5 Å². The van der Waals surface area contributed by atoms with Crippen molar-refractivity contribution in [2.24, 2.45) is 0 Å². The molecule has 0 aliphatic rings. The predicted octanol–water partition coefficient (Wildman–Crippen LogP) is -1.44. The van der Waals surface area contributed by atoms with Gasteiger partial charge in [0.1, 0.15) is 0 Å². The zero-order valence-electron chi connectivity index (χ0n) is 7.81. The Balaban J connectivity index is 4.00. The summed E-state index contributed by atoms with van der Waals surface area (Å²) in [5.74, 6) is 0. The van der Waals surface area contributed by atoms with Gasteiger partial charge in [0.25, 0.3) is 0 Å². The molecule has 3 nitrogen and oxygen atoms in total. The second-order valence-corrected chi connectivity index (χ2v) is 0.887. The van der Waals surface area contributed by atoms with E-state index in [1.165, 1.54) is 0 Å². The largest absolute Gasteiger partial charge is 0.395 e. The Hall–Kier alpha value is -0.120. The van der Waals surface area contributed by atoms with Crippen LogP contribution in [0, 0.1) is 0 Å². The molecular weight excluding hydrogens is 94.0 g/mol. The smallest absolute Gasteiger partial charge is 0.0577 e. The van der Waals surface area contributed by atoms with Crippen molar-refractivity contribution in [2.45, 2.75) is 0 Å². The van der Waals surface area contributed by atoms with Crippen LogP contribution in [-0.4, -0.2) is 36.4 Å². The first kappa shape index (κ1) is 2.44. The Morgan fingerprint density at radius 1 is 1.57 bits per heavy atom. The Morgan fingerprint density at radius 2 is 2.29 bits per heavy atom. The van der Waals surface area contributed by atoms with Gasteiger partial charge in [0, 0.05) is 15.8 Å². The third-order valence-electron chi connectivity index (χ3n) is 0.381. The minimum atomic E-state index is -2.94. The van der Waals surface area contributed by atoms with Gasteiger partial charge in [-0.3, -0.25) is 0 Å². The fourth-order valence-electron chi connectivity index (χ4n) is 0.158. The molecule has 0 unspecified atom stereocenters. The summed E-state index contributed by atoms with van der Waals surface area (Å²) in [6, 6.07) is 0. The molecule has 0 radical (unpaired) electrons. The predicted molar refractivity (Wildman–Crippen MR) is 27.0 cm³/mol. The van der Waals surface area contributed by atoms with Gasteiger partial charge in [-0.1, -0.05) is 0 Å². The van der Waals surface area contributed by atoms with Gasteiger partial charge in [0.2, 0.25) is 0 Å². The first-order chi connectivity index (χ1) is 4.81. The van der Waals surface area contributed by atoms with Crippen LogP contribution in [0.5, 0.6) is 0 Å². The maximum Gasteiger partial charge on any atom is 0.0577 e. The van der Waals surface area contributed by atoms with Crippen LogP contribution in [0.4, 0.5) is 0 Å². The van der Waals surface area contributed by atoms with Crippen LogP contribution in [-0.2, 0) is 0 Å². The molecule has 0 aromatic carbocycles. The minimum absolute atomic E-state index is 0.104. The van der Waals surface area contributed by atoms with Crippen molar-refractivity contribution in [1.82, 2.24) is 5.32 Å². The second kappa shape index (κ2) is 5.88. The molecule has 0 aliphatic carbocycles. The van der Waals surface area contributed by atoms with Gasteiger partial charge in [-0.05, 0) is 0 Å². The molecule has 0 atom stereocenters. The van der Waals surface area contributed by atoms with Gasteiger partial charge in [0.15, 0.2) is 0 Å². The highest BCUT2D eigenvalue weighted by Crippen LogP contribution is 1.54. The highest BCUT2D eigenvalue weighted by Gasteiger charge is 1.78. The van der Waals surface area contributed by atoms with Crippen molar-refractivity contribution in [3.63, 3.8) is 0 Å². The summed E-state index contributed by atoms with van der Waals surface area (Å²) in [7, 11) is 0. The molecule has 0 aromatic rings. The van der Waals surface area contributed by atoms with E-state index in [0.29, 0.717) is 0 Å². The maximum atomic E-state index is 8.59. The summed E-state index contributed by atoms with van der Waals surface area (Å²) >= 11 is 0. The molecule has 0 aliphatic heterocycles. The van der Waals surface area contributed by atoms with Gasteiger partial charge in [-0.25, -0.2) is 0 Å². The molecule has 0 aromatic heterocycles. The average molecular weight is 109 g/mol. The monoisotopic (exact) mass is 109 g/mol.